The van der Waals surface area contributed by atoms with Gasteiger partial charge in [-0.05, 0) is 94.0 Å². The summed E-state index contributed by atoms with van der Waals surface area (Å²) in [6.45, 7) is 4.29. The summed E-state index contributed by atoms with van der Waals surface area (Å²) in [7, 11) is 2.23. The van der Waals surface area contributed by atoms with E-state index < -0.39 is 0 Å². The van der Waals surface area contributed by atoms with E-state index in [1.165, 1.54) is 49.7 Å². The van der Waals surface area contributed by atoms with Crippen LogP contribution in [0.5, 0.6) is 0 Å². The van der Waals surface area contributed by atoms with Crippen LogP contribution >= 0.6 is 12.2 Å². The Bertz CT molecular complexity index is 601. The van der Waals surface area contributed by atoms with Gasteiger partial charge in [-0.25, -0.2) is 0 Å². The van der Waals surface area contributed by atoms with Crippen molar-refractivity contribution in [3.8, 4) is 0 Å². The number of nitrogens with zero attached hydrogens (tertiary/aromatic N) is 1. The van der Waals surface area contributed by atoms with Gasteiger partial charge in [0.05, 0.1) is 0 Å². The van der Waals surface area contributed by atoms with E-state index in [1.54, 1.807) is 0 Å². The van der Waals surface area contributed by atoms with Crippen molar-refractivity contribution in [1.82, 2.24) is 4.90 Å². The van der Waals surface area contributed by atoms with Gasteiger partial charge in [0.1, 0.15) is 0 Å². The van der Waals surface area contributed by atoms with Crippen LogP contribution in [0, 0.1) is 31.6 Å². The third-order valence-corrected chi connectivity index (χ3v) is 7.02. The van der Waals surface area contributed by atoms with Gasteiger partial charge in [-0.2, -0.15) is 0 Å². The number of hydrogen-bond acceptors (Lipinski definition) is 1. The molecule has 0 heterocycles. The van der Waals surface area contributed by atoms with Gasteiger partial charge in [0.25, 0.3) is 0 Å². The molecule has 0 aliphatic heterocycles. The highest BCUT2D eigenvalue weighted by molar-refractivity contribution is 7.80. The van der Waals surface area contributed by atoms with E-state index in [-0.39, 0.29) is 0 Å². The second-order valence-corrected chi connectivity index (χ2v) is 8.84. The van der Waals surface area contributed by atoms with E-state index in [1.807, 2.05) is 0 Å². The third kappa shape index (κ3) is 2.67. The first kappa shape index (κ1) is 15.4. The van der Waals surface area contributed by atoms with E-state index in [2.05, 4.69) is 49.3 Å². The number of benzene rings is 1. The van der Waals surface area contributed by atoms with Crippen LogP contribution in [0.1, 0.15) is 49.7 Å². The zero-order chi connectivity index (χ0) is 16.2. The van der Waals surface area contributed by atoms with Gasteiger partial charge < -0.3 is 10.2 Å². The number of aryl methyl sites for hydroxylation is 2. The Morgan fingerprint density at radius 2 is 1.65 bits per heavy atom. The maximum absolute atomic E-state index is 5.80. The molecule has 0 radical (unpaired) electrons. The summed E-state index contributed by atoms with van der Waals surface area (Å²) in [5.74, 6) is 2.85. The molecule has 23 heavy (non-hydrogen) atoms. The molecule has 124 valence electrons. The minimum Gasteiger partial charge on any atom is -0.346 e. The first-order chi connectivity index (χ1) is 10.9. The number of anilines is 1. The summed E-state index contributed by atoms with van der Waals surface area (Å²) in [5.41, 5.74) is 4.05. The van der Waals surface area contributed by atoms with Gasteiger partial charge in [0, 0.05) is 18.3 Å². The number of thiocarbonyl (C=S) groups is 1. The molecule has 0 amide bonds. The molecule has 1 N–H and O–H groups in total. The van der Waals surface area contributed by atoms with E-state index in [0.717, 1.165) is 28.6 Å². The fourth-order valence-electron chi connectivity index (χ4n) is 5.84. The predicted molar refractivity (Wildman–Crippen MR) is 101 cm³/mol. The summed E-state index contributed by atoms with van der Waals surface area (Å²) >= 11 is 5.80. The van der Waals surface area contributed by atoms with E-state index in [9.17, 15) is 0 Å². The summed E-state index contributed by atoms with van der Waals surface area (Å²) in [4.78, 5) is 2.42. The normalized spacial score (nSPS) is 34.5. The molecule has 2 nitrogen and oxygen atoms in total. The van der Waals surface area contributed by atoms with Crippen molar-refractivity contribution < 1.29 is 0 Å². The lowest BCUT2D eigenvalue weighted by Gasteiger charge is -2.60. The van der Waals surface area contributed by atoms with E-state index in [0.29, 0.717) is 5.54 Å². The second kappa shape index (κ2) is 5.47. The lowest BCUT2D eigenvalue weighted by Crippen LogP contribution is -2.60. The Balaban J connectivity index is 1.52. The van der Waals surface area contributed by atoms with Crippen LogP contribution in [-0.2, 0) is 0 Å². The van der Waals surface area contributed by atoms with Crippen molar-refractivity contribution in [3.63, 3.8) is 0 Å². The molecule has 5 rings (SSSR count). The fraction of sp³-hybridized carbons (Fsp3) is 0.650. The van der Waals surface area contributed by atoms with Crippen LogP contribution in [-0.4, -0.2) is 22.6 Å². The molecule has 1 aromatic carbocycles. The van der Waals surface area contributed by atoms with Crippen molar-refractivity contribution in [2.45, 2.75) is 57.9 Å². The molecular formula is C20H28N2S. The van der Waals surface area contributed by atoms with Crippen LogP contribution in [0.2, 0.25) is 0 Å². The molecule has 1 aromatic rings. The zero-order valence-corrected chi connectivity index (χ0v) is 15.4. The van der Waals surface area contributed by atoms with Crippen molar-refractivity contribution >= 4 is 23.0 Å². The molecule has 4 bridgehead atoms. The molecule has 0 atom stereocenters. The SMILES string of the molecule is Cc1ccc(NC(=S)N(C)C23CC4CC(CC(C4)C2)C3)c(C)c1. The quantitative estimate of drug-likeness (QED) is 0.777. The average molecular weight is 329 g/mol. The predicted octanol–water partition coefficient (Wildman–Crippen LogP) is 4.90. The summed E-state index contributed by atoms with van der Waals surface area (Å²) < 4.78 is 0. The lowest BCUT2D eigenvalue weighted by molar-refractivity contribution is -0.0538. The smallest absolute Gasteiger partial charge is 0.173 e. The Hall–Kier alpha value is -1.09. The lowest BCUT2D eigenvalue weighted by atomic mass is 9.52. The number of nitrogens with one attached hydrogen (secondary N) is 1. The maximum Gasteiger partial charge on any atom is 0.173 e. The highest BCUT2D eigenvalue weighted by atomic mass is 32.1. The fourth-order valence-corrected chi connectivity index (χ4v) is 6.15. The van der Waals surface area contributed by atoms with Crippen molar-refractivity contribution in [1.29, 1.82) is 0 Å². The van der Waals surface area contributed by atoms with Crippen LogP contribution < -0.4 is 5.32 Å². The van der Waals surface area contributed by atoms with Crippen molar-refractivity contribution in [3.05, 3.63) is 29.3 Å². The Labute approximate surface area is 145 Å². The maximum atomic E-state index is 5.80. The van der Waals surface area contributed by atoms with Gasteiger partial charge in [-0.15, -0.1) is 0 Å². The molecule has 3 heteroatoms. The molecule has 0 unspecified atom stereocenters. The first-order valence-electron chi connectivity index (χ1n) is 9.07. The van der Waals surface area contributed by atoms with E-state index >= 15 is 0 Å². The highest BCUT2D eigenvalue weighted by Crippen LogP contribution is 2.57. The van der Waals surface area contributed by atoms with Crippen LogP contribution in [0.15, 0.2) is 18.2 Å². The summed E-state index contributed by atoms with van der Waals surface area (Å²) in [6.07, 6.45) is 8.48. The molecule has 4 aliphatic rings. The molecule has 0 spiro atoms. The van der Waals surface area contributed by atoms with Gasteiger partial charge in [0.15, 0.2) is 5.11 Å². The molecule has 4 fully saturated rings. The Morgan fingerprint density at radius 3 is 2.17 bits per heavy atom. The van der Waals surface area contributed by atoms with Crippen LogP contribution in [0.25, 0.3) is 0 Å². The van der Waals surface area contributed by atoms with Crippen LogP contribution in [0.3, 0.4) is 0 Å². The van der Waals surface area contributed by atoms with E-state index in [4.69, 9.17) is 12.2 Å². The topological polar surface area (TPSA) is 15.3 Å². The molecular weight excluding hydrogens is 300 g/mol. The van der Waals surface area contributed by atoms with Crippen molar-refractivity contribution in [2.24, 2.45) is 17.8 Å². The summed E-state index contributed by atoms with van der Waals surface area (Å²) in [5, 5.41) is 4.42. The molecule has 0 aromatic heterocycles. The highest BCUT2D eigenvalue weighted by Gasteiger charge is 2.53. The second-order valence-electron chi connectivity index (χ2n) is 8.45. The minimum absolute atomic E-state index is 0.331. The largest absolute Gasteiger partial charge is 0.346 e. The van der Waals surface area contributed by atoms with Gasteiger partial charge in [-0.3, -0.25) is 0 Å². The van der Waals surface area contributed by atoms with Gasteiger partial charge >= 0.3 is 0 Å². The van der Waals surface area contributed by atoms with Crippen molar-refractivity contribution in [2.75, 3.05) is 12.4 Å². The minimum atomic E-state index is 0.331. The third-order valence-electron chi connectivity index (χ3n) is 6.65. The Morgan fingerprint density at radius 1 is 1.09 bits per heavy atom. The monoisotopic (exact) mass is 328 g/mol. The Kier molecular flexibility index (Phi) is 3.67. The molecule has 4 saturated carbocycles. The van der Waals surface area contributed by atoms with Crippen LogP contribution in [0.4, 0.5) is 5.69 Å². The molecule has 0 saturated heterocycles. The van der Waals surface area contributed by atoms with Gasteiger partial charge in [-0.1, -0.05) is 17.7 Å². The van der Waals surface area contributed by atoms with Gasteiger partial charge in [0.2, 0.25) is 0 Å². The zero-order valence-electron chi connectivity index (χ0n) is 14.6. The number of rotatable bonds is 2. The molecule has 4 aliphatic carbocycles. The summed E-state index contributed by atoms with van der Waals surface area (Å²) in [6, 6.07) is 6.53. The average Bonchev–Trinajstić information content (AvgIpc) is 2.48. The first-order valence-corrected chi connectivity index (χ1v) is 9.48. The number of hydrogen-bond donors (Lipinski definition) is 1. The standard InChI is InChI=1S/C20H28N2S/c1-13-4-5-18(14(2)6-13)21-19(23)22(3)20-10-15-7-16(11-20)9-17(8-15)12-20/h4-6,15-17H,7-12H2,1-3H3,(H,21,23).